The van der Waals surface area contributed by atoms with Crippen LogP contribution < -0.4 is 4.74 Å². The second kappa shape index (κ2) is 11.7. The summed E-state index contributed by atoms with van der Waals surface area (Å²) in [6.07, 6.45) is 4.63. The smallest absolute Gasteiger partial charge is 0.305 e. The molecule has 6 nitrogen and oxygen atoms in total. The van der Waals surface area contributed by atoms with Gasteiger partial charge in [-0.3, -0.25) is 9.59 Å². The molecule has 28 heavy (non-hydrogen) atoms. The molecule has 0 radical (unpaired) electrons. The maximum atomic E-state index is 12.3. The first kappa shape index (κ1) is 22.2. The van der Waals surface area contributed by atoms with Gasteiger partial charge in [0.15, 0.2) is 0 Å². The molecule has 1 aromatic rings. The molecular formula is C22H34N2O4. The lowest BCUT2D eigenvalue weighted by atomic mass is 9.97. The Kier molecular flexibility index (Phi) is 9.28. The lowest BCUT2D eigenvalue weighted by molar-refractivity contribution is -0.140. The number of hydrogen-bond donors (Lipinski definition) is 0. The van der Waals surface area contributed by atoms with E-state index < -0.39 is 0 Å². The topological polar surface area (TPSA) is 59.1 Å². The van der Waals surface area contributed by atoms with E-state index in [2.05, 4.69) is 21.8 Å². The summed E-state index contributed by atoms with van der Waals surface area (Å²) in [4.78, 5) is 27.8. The summed E-state index contributed by atoms with van der Waals surface area (Å²) in [5.74, 6) is 1.26. The van der Waals surface area contributed by atoms with Gasteiger partial charge in [0.1, 0.15) is 5.75 Å². The second-order valence-electron chi connectivity index (χ2n) is 7.61. The number of piperidine rings is 1. The van der Waals surface area contributed by atoms with Crippen molar-refractivity contribution in [3.63, 3.8) is 0 Å². The van der Waals surface area contributed by atoms with Crippen molar-refractivity contribution in [2.24, 2.45) is 5.92 Å². The van der Waals surface area contributed by atoms with Crippen molar-refractivity contribution in [1.29, 1.82) is 0 Å². The summed E-state index contributed by atoms with van der Waals surface area (Å²) in [5, 5.41) is 0. The molecule has 1 atom stereocenters. The molecule has 0 bridgehead atoms. The van der Waals surface area contributed by atoms with Crippen LogP contribution in [0.4, 0.5) is 0 Å². The molecule has 156 valence electrons. The largest absolute Gasteiger partial charge is 0.497 e. The first-order valence-corrected chi connectivity index (χ1v) is 10.2. The van der Waals surface area contributed by atoms with Crippen molar-refractivity contribution in [2.45, 2.75) is 38.5 Å². The van der Waals surface area contributed by atoms with Crippen LogP contribution in [0.15, 0.2) is 24.3 Å². The number of methoxy groups -OCH3 is 2. The summed E-state index contributed by atoms with van der Waals surface area (Å²) in [6.45, 7) is 4.00. The number of carbonyl (C=O) groups excluding carboxylic acids is 2. The maximum absolute atomic E-state index is 12.3. The zero-order valence-electron chi connectivity index (χ0n) is 17.5. The molecule has 1 aromatic carbocycles. The van der Waals surface area contributed by atoms with Crippen LogP contribution in [0.1, 0.15) is 37.7 Å². The van der Waals surface area contributed by atoms with Crippen LogP contribution in [0.5, 0.6) is 5.75 Å². The minimum atomic E-state index is -0.254. The molecule has 1 unspecified atom stereocenters. The zero-order chi connectivity index (χ0) is 20.4. The number of ether oxygens (including phenoxy) is 2. The number of esters is 1. The Morgan fingerprint density at radius 3 is 2.61 bits per heavy atom. The SMILES string of the molecule is COC(=O)CCCC(=O)N(C)CC1CCCN(CCc2ccc(OC)cc2)C1. The first-order valence-electron chi connectivity index (χ1n) is 10.2. The summed E-state index contributed by atoms with van der Waals surface area (Å²) >= 11 is 0. The Morgan fingerprint density at radius 1 is 1.18 bits per heavy atom. The van der Waals surface area contributed by atoms with E-state index in [-0.39, 0.29) is 11.9 Å². The van der Waals surface area contributed by atoms with Crippen LogP contribution in [0.25, 0.3) is 0 Å². The maximum Gasteiger partial charge on any atom is 0.305 e. The quantitative estimate of drug-likeness (QED) is 0.575. The summed E-state index contributed by atoms with van der Waals surface area (Å²) in [6, 6.07) is 8.27. The summed E-state index contributed by atoms with van der Waals surface area (Å²) < 4.78 is 9.83. The number of carbonyl (C=O) groups is 2. The Balaban J connectivity index is 1.71. The number of hydrogen-bond acceptors (Lipinski definition) is 5. The van der Waals surface area contributed by atoms with E-state index in [1.165, 1.54) is 25.5 Å². The highest BCUT2D eigenvalue weighted by molar-refractivity contribution is 5.77. The normalized spacial score (nSPS) is 17.2. The molecule has 0 N–H and O–H groups in total. The molecule has 0 aliphatic carbocycles. The van der Waals surface area contributed by atoms with Gasteiger partial charge in [-0.25, -0.2) is 0 Å². The van der Waals surface area contributed by atoms with Gasteiger partial charge < -0.3 is 19.3 Å². The number of amides is 1. The van der Waals surface area contributed by atoms with Gasteiger partial charge in [-0.1, -0.05) is 12.1 Å². The van der Waals surface area contributed by atoms with Gasteiger partial charge in [0, 0.05) is 39.5 Å². The highest BCUT2D eigenvalue weighted by atomic mass is 16.5. The Bertz CT molecular complexity index is 617. The van der Waals surface area contributed by atoms with Crippen LogP contribution >= 0.6 is 0 Å². The van der Waals surface area contributed by atoms with E-state index in [0.717, 1.165) is 38.3 Å². The zero-order valence-corrected chi connectivity index (χ0v) is 17.5. The predicted molar refractivity (Wildman–Crippen MR) is 109 cm³/mol. The average Bonchev–Trinajstić information content (AvgIpc) is 2.72. The van der Waals surface area contributed by atoms with Crippen molar-refractivity contribution in [2.75, 3.05) is 47.4 Å². The lowest BCUT2D eigenvalue weighted by Crippen LogP contribution is -2.42. The molecule has 1 saturated heterocycles. The van der Waals surface area contributed by atoms with E-state index in [0.29, 0.717) is 25.2 Å². The minimum absolute atomic E-state index is 0.110. The van der Waals surface area contributed by atoms with Crippen molar-refractivity contribution in [3.8, 4) is 5.75 Å². The number of likely N-dealkylation sites (tertiary alicyclic amines) is 1. The average molecular weight is 391 g/mol. The van der Waals surface area contributed by atoms with Gasteiger partial charge >= 0.3 is 5.97 Å². The lowest BCUT2D eigenvalue weighted by Gasteiger charge is -2.34. The first-order chi connectivity index (χ1) is 13.5. The van der Waals surface area contributed by atoms with E-state index >= 15 is 0 Å². The molecule has 2 rings (SSSR count). The molecule has 0 saturated carbocycles. The van der Waals surface area contributed by atoms with E-state index in [4.69, 9.17) is 4.74 Å². The molecule has 1 aliphatic rings. The molecule has 0 spiro atoms. The Labute approximate surface area is 168 Å². The van der Waals surface area contributed by atoms with Gasteiger partial charge in [0.25, 0.3) is 0 Å². The van der Waals surface area contributed by atoms with Crippen molar-refractivity contribution >= 4 is 11.9 Å². The van der Waals surface area contributed by atoms with E-state index in [1.54, 1.807) is 7.11 Å². The Hall–Kier alpha value is -2.08. The fourth-order valence-corrected chi connectivity index (χ4v) is 3.75. The van der Waals surface area contributed by atoms with Gasteiger partial charge in [0.2, 0.25) is 5.91 Å². The van der Waals surface area contributed by atoms with Crippen molar-refractivity contribution in [3.05, 3.63) is 29.8 Å². The molecule has 6 heteroatoms. The minimum Gasteiger partial charge on any atom is -0.497 e. The van der Waals surface area contributed by atoms with Crippen LogP contribution in [-0.2, 0) is 20.7 Å². The highest BCUT2D eigenvalue weighted by Crippen LogP contribution is 2.19. The van der Waals surface area contributed by atoms with Crippen molar-refractivity contribution < 1.29 is 19.1 Å². The van der Waals surface area contributed by atoms with E-state index in [9.17, 15) is 9.59 Å². The third-order valence-electron chi connectivity index (χ3n) is 5.44. The summed E-state index contributed by atoms with van der Waals surface area (Å²) in [5.41, 5.74) is 1.32. The van der Waals surface area contributed by atoms with Gasteiger partial charge in [-0.2, -0.15) is 0 Å². The highest BCUT2D eigenvalue weighted by Gasteiger charge is 2.22. The number of benzene rings is 1. The van der Waals surface area contributed by atoms with Crippen LogP contribution in [0.3, 0.4) is 0 Å². The fraction of sp³-hybridized carbons (Fsp3) is 0.636. The molecule has 1 amide bonds. The second-order valence-corrected chi connectivity index (χ2v) is 7.61. The van der Waals surface area contributed by atoms with Gasteiger partial charge in [-0.15, -0.1) is 0 Å². The standard InChI is InChI=1S/C22H34N2O4/c1-23(21(25)7-4-8-22(26)28-3)16-19-6-5-14-24(17-19)15-13-18-9-11-20(27-2)12-10-18/h9-12,19H,4-8,13-17H2,1-3H3. The number of nitrogens with zero attached hydrogens (tertiary/aromatic N) is 2. The molecular weight excluding hydrogens is 356 g/mol. The Morgan fingerprint density at radius 2 is 1.93 bits per heavy atom. The van der Waals surface area contributed by atoms with E-state index in [1.807, 2.05) is 24.1 Å². The summed E-state index contributed by atoms with van der Waals surface area (Å²) in [7, 11) is 4.93. The molecule has 1 fully saturated rings. The van der Waals surface area contributed by atoms with Gasteiger partial charge in [-0.05, 0) is 55.8 Å². The van der Waals surface area contributed by atoms with Crippen molar-refractivity contribution in [1.82, 2.24) is 9.80 Å². The van der Waals surface area contributed by atoms with Crippen LogP contribution in [-0.4, -0.2) is 69.1 Å². The fourth-order valence-electron chi connectivity index (χ4n) is 3.75. The van der Waals surface area contributed by atoms with Crippen LogP contribution in [0, 0.1) is 5.92 Å². The predicted octanol–water partition coefficient (Wildman–Crippen LogP) is 2.75. The third-order valence-corrected chi connectivity index (χ3v) is 5.44. The molecule has 1 aliphatic heterocycles. The monoisotopic (exact) mass is 390 g/mol. The van der Waals surface area contributed by atoms with Crippen LogP contribution in [0.2, 0.25) is 0 Å². The number of rotatable bonds is 10. The molecule has 0 aromatic heterocycles. The molecule has 1 heterocycles. The third kappa shape index (κ3) is 7.50. The van der Waals surface area contributed by atoms with Gasteiger partial charge in [0.05, 0.1) is 14.2 Å².